The van der Waals surface area contributed by atoms with Gasteiger partial charge in [-0.15, -0.1) is 12.4 Å². The largest absolute Gasteiger partial charge is 0.433 e. The Morgan fingerprint density at radius 3 is 2.60 bits per heavy atom. The molecule has 0 radical (unpaired) electrons. The van der Waals surface area contributed by atoms with Crippen molar-refractivity contribution < 1.29 is 13.2 Å². The van der Waals surface area contributed by atoms with Crippen LogP contribution in [-0.4, -0.2) is 31.2 Å². The smallest absolute Gasteiger partial charge is 0.356 e. The molecule has 2 saturated heterocycles. The van der Waals surface area contributed by atoms with E-state index in [0.717, 1.165) is 45.1 Å². The second-order valence-corrected chi connectivity index (χ2v) is 5.51. The van der Waals surface area contributed by atoms with E-state index in [9.17, 15) is 13.2 Å². The molecule has 0 aliphatic carbocycles. The molecule has 3 nitrogen and oxygen atoms in total. The lowest BCUT2D eigenvalue weighted by Crippen LogP contribution is -2.61. The van der Waals surface area contributed by atoms with Gasteiger partial charge < -0.3 is 10.2 Å². The lowest BCUT2D eigenvalue weighted by Gasteiger charge is -2.49. The van der Waals surface area contributed by atoms with Gasteiger partial charge in [-0.05, 0) is 25.0 Å². The Morgan fingerprint density at radius 2 is 2.00 bits per heavy atom. The maximum absolute atomic E-state index is 12.7. The number of hydrogen-bond acceptors (Lipinski definition) is 3. The number of piperidine rings is 1. The van der Waals surface area contributed by atoms with Gasteiger partial charge in [-0.2, -0.15) is 13.2 Å². The third-order valence-corrected chi connectivity index (χ3v) is 4.01. The fourth-order valence-electron chi connectivity index (χ4n) is 2.93. The molecule has 112 valence electrons. The van der Waals surface area contributed by atoms with Crippen LogP contribution < -0.4 is 10.2 Å². The van der Waals surface area contributed by atoms with E-state index in [4.69, 9.17) is 0 Å². The highest BCUT2D eigenvalue weighted by Crippen LogP contribution is 2.36. The first kappa shape index (κ1) is 15.4. The minimum absolute atomic E-state index is 0. The summed E-state index contributed by atoms with van der Waals surface area (Å²) in [5.41, 5.74) is -0.565. The summed E-state index contributed by atoms with van der Waals surface area (Å²) < 4.78 is 38.0. The molecule has 2 fully saturated rings. The van der Waals surface area contributed by atoms with Crippen LogP contribution in [0.1, 0.15) is 18.5 Å². The number of aromatic nitrogens is 1. The number of hydrogen-bond donors (Lipinski definition) is 1. The van der Waals surface area contributed by atoms with E-state index >= 15 is 0 Å². The van der Waals surface area contributed by atoms with E-state index in [1.54, 1.807) is 6.07 Å². The predicted octanol–water partition coefficient (Wildman–Crippen LogP) is 2.71. The Balaban J connectivity index is 0.00000147. The van der Waals surface area contributed by atoms with Crippen molar-refractivity contribution in [3.63, 3.8) is 0 Å². The number of rotatable bonds is 1. The highest BCUT2D eigenvalue weighted by molar-refractivity contribution is 5.85. The molecule has 2 aliphatic heterocycles. The molecule has 1 aromatic heterocycles. The quantitative estimate of drug-likeness (QED) is 0.864. The summed E-state index contributed by atoms with van der Waals surface area (Å²) in [6.45, 7) is 3.51. The summed E-state index contributed by atoms with van der Waals surface area (Å²) in [6, 6.07) is 4.12. The zero-order valence-electron chi connectivity index (χ0n) is 10.9. The SMILES string of the molecule is Cl.FC(F)(F)c1cccc(N2CCCC3(CNC3)C2)n1. The number of pyridine rings is 1. The molecule has 1 N–H and O–H groups in total. The van der Waals surface area contributed by atoms with Gasteiger partial charge in [-0.1, -0.05) is 6.07 Å². The molecule has 0 aromatic carbocycles. The van der Waals surface area contributed by atoms with Gasteiger partial charge in [0.15, 0.2) is 0 Å². The average molecular weight is 308 g/mol. The zero-order valence-corrected chi connectivity index (χ0v) is 11.7. The summed E-state index contributed by atoms with van der Waals surface area (Å²) in [6.07, 6.45) is -2.21. The Morgan fingerprint density at radius 1 is 1.25 bits per heavy atom. The van der Waals surface area contributed by atoms with Crippen LogP contribution in [0, 0.1) is 5.41 Å². The van der Waals surface area contributed by atoms with Crippen molar-refractivity contribution in [2.24, 2.45) is 5.41 Å². The molecule has 2 aliphatic rings. The minimum Gasteiger partial charge on any atom is -0.356 e. The van der Waals surface area contributed by atoms with Gasteiger partial charge in [0.1, 0.15) is 11.5 Å². The van der Waals surface area contributed by atoms with Gasteiger partial charge in [-0.25, -0.2) is 4.98 Å². The minimum atomic E-state index is -4.37. The van der Waals surface area contributed by atoms with Crippen LogP contribution in [0.25, 0.3) is 0 Å². The van der Waals surface area contributed by atoms with Crippen molar-refractivity contribution in [2.75, 3.05) is 31.1 Å². The van der Waals surface area contributed by atoms with E-state index in [-0.39, 0.29) is 17.8 Å². The van der Waals surface area contributed by atoms with Crippen molar-refractivity contribution in [3.8, 4) is 0 Å². The van der Waals surface area contributed by atoms with Crippen molar-refractivity contribution >= 4 is 18.2 Å². The maximum Gasteiger partial charge on any atom is 0.433 e. The van der Waals surface area contributed by atoms with Gasteiger partial charge in [0.05, 0.1) is 0 Å². The van der Waals surface area contributed by atoms with Crippen LogP contribution in [0.4, 0.5) is 19.0 Å². The molecule has 0 bridgehead atoms. The van der Waals surface area contributed by atoms with E-state index in [0.29, 0.717) is 5.82 Å². The van der Waals surface area contributed by atoms with Crippen LogP contribution in [-0.2, 0) is 6.18 Å². The zero-order chi connectivity index (χ0) is 13.5. The lowest BCUT2D eigenvalue weighted by atomic mass is 9.75. The second kappa shape index (κ2) is 5.41. The molecule has 20 heavy (non-hydrogen) atoms. The molecule has 0 unspecified atom stereocenters. The average Bonchev–Trinajstić information content (AvgIpc) is 2.36. The van der Waals surface area contributed by atoms with E-state index in [1.807, 2.05) is 4.90 Å². The highest BCUT2D eigenvalue weighted by Gasteiger charge is 2.41. The lowest BCUT2D eigenvalue weighted by molar-refractivity contribution is -0.141. The summed E-state index contributed by atoms with van der Waals surface area (Å²) in [7, 11) is 0. The number of nitrogens with zero attached hydrogens (tertiary/aromatic N) is 2. The Hall–Kier alpha value is -1.01. The number of alkyl halides is 3. The number of anilines is 1. The molecule has 1 aromatic rings. The first-order chi connectivity index (χ1) is 8.99. The van der Waals surface area contributed by atoms with Gasteiger partial charge in [0.2, 0.25) is 0 Å². The standard InChI is InChI=1S/C13H16F3N3.ClH/c14-13(15,16)10-3-1-4-11(18-10)19-6-2-5-12(9-19)7-17-8-12;/h1,3-4,17H,2,5-9H2;1H. The summed E-state index contributed by atoms with van der Waals surface area (Å²) in [5.74, 6) is 0.445. The Kier molecular flexibility index (Phi) is 4.16. The van der Waals surface area contributed by atoms with E-state index < -0.39 is 11.9 Å². The predicted molar refractivity (Wildman–Crippen MR) is 73.2 cm³/mol. The summed E-state index contributed by atoms with van der Waals surface area (Å²) >= 11 is 0. The number of nitrogens with one attached hydrogen (secondary N) is 1. The molecule has 0 atom stereocenters. The second-order valence-electron chi connectivity index (χ2n) is 5.51. The van der Waals surface area contributed by atoms with Gasteiger partial charge in [0, 0.05) is 31.6 Å². The molecule has 3 rings (SSSR count). The van der Waals surface area contributed by atoms with Crippen molar-refractivity contribution in [2.45, 2.75) is 19.0 Å². The van der Waals surface area contributed by atoms with Gasteiger partial charge in [0.25, 0.3) is 0 Å². The maximum atomic E-state index is 12.7. The van der Waals surface area contributed by atoms with Crippen molar-refractivity contribution in [1.29, 1.82) is 0 Å². The molecule has 3 heterocycles. The monoisotopic (exact) mass is 307 g/mol. The normalized spacial score (nSPS) is 21.2. The molecule has 7 heteroatoms. The van der Waals surface area contributed by atoms with Crippen LogP contribution in [0.3, 0.4) is 0 Å². The topological polar surface area (TPSA) is 28.2 Å². The van der Waals surface area contributed by atoms with Crippen molar-refractivity contribution in [1.82, 2.24) is 10.3 Å². The van der Waals surface area contributed by atoms with E-state index in [2.05, 4.69) is 10.3 Å². The fraction of sp³-hybridized carbons (Fsp3) is 0.615. The first-order valence-electron chi connectivity index (χ1n) is 6.49. The van der Waals surface area contributed by atoms with Gasteiger partial charge in [-0.3, -0.25) is 0 Å². The van der Waals surface area contributed by atoms with Crippen molar-refractivity contribution in [3.05, 3.63) is 23.9 Å². The summed E-state index contributed by atoms with van der Waals surface area (Å²) in [4.78, 5) is 5.76. The first-order valence-corrected chi connectivity index (χ1v) is 6.49. The Bertz CT molecular complexity index is 474. The van der Waals surface area contributed by atoms with E-state index in [1.165, 1.54) is 6.07 Å². The Labute approximate surface area is 122 Å². The molecule has 0 saturated carbocycles. The fourth-order valence-corrected chi connectivity index (χ4v) is 2.93. The van der Waals surface area contributed by atoms with Crippen LogP contribution in [0.15, 0.2) is 18.2 Å². The molecule has 0 amide bonds. The van der Waals surface area contributed by atoms with Crippen LogP contribution >= 0.6 is 12.4 Å². The number of halogens is 4. The molecular formula is C13H17ClF3N3. The summed E-state index contributed by atoms with van der Waals surface area (Å²) in [5, 5.41) is 3.25. The van der Waals surface area contributed by atoms with Crippen LogP contribution in [0.5, 0.6) is 0 Å². The third kappa shape index (κ3) is 2.86. The highest BCUT2D eigenvalue weighted by atomic mass is 35.5. The van der Waals surface area contributed by atoms with Crippen LogP contribution in [0.2, 0.25) is 0 Å². The third-order valence-electron chi connectivity index (χ3n) is 4.01. The molecule has 1 spiro atoms. The molecular weight excluding hydrogens is 291 g/mol. The van der Waals surface area contributed by atoms with Gasteiger partial charge >= 0.3 is 6.18 Å².